The maximum absolute atomic E-state index is 12.4. The predicted molar refractivity (Wildman–Crippen MR) is 141 cm³/mol. The molecule has 0 heterocycles. The molecular formula is C27H28N4O7. The summed E-state index contributed by atoms with van der Waals surface area (Å²) in [7, 11) is 4.57. The fourth-order valence-corrected chi connectivity index (χ4v) is 3.18. The minimum absolute atomic E-state index is 0.159. The van der Waals surface area contributed by atoms with Gasteiger partial charge < -0.3 is 29.6 Å². The van der Waals surface area contributed by atoms with E-state index in [1.807, 2.05) is 0 Å². The summed E-state index contributed by atoms with van der Waals surface area (Å²) in [6, 6.07) is 18.9. The van der Waals surface area contributed by atoms with Crippen LogP contribution in [0.25, 0.3) is 0 Å². The van der Waals surface area contributed by atoms with Crippen LogP contribution in [-0.2, 0) is 20.9 Å². The van der Waals surface area contributed by atoms with Crippen LogP contribution in [0.4, 0.5) is 5.69 Å². The van der Waals surface area contributed by atoms with Gasteiger partial charge >= 0.3 is 11.8 Å². The molecule has 0 fully saturated rings. The lowest BCUT2D eigenvalue weighted by atomic mass is 10.2. The van der Waals surface area contributed by atoms with E-state index < -0.39 is 17.7 Å². The molecule has 3 amide bonds. The third-order valence-corrected chi connectivity index (χ3v) is 5.14. The van der Waals surface area contributed by atoms with Gasteiger partial charge in [0.15, 0.2) is 18.1 Å². The van der Waals surface area contributed by atoms with E-state index in [-0.39, 0.29) is 18.9 Å². The average Bonchev–Trinajstić information content (AvgIpc) is 2.95. The van der Waals surface area contributed by atoms with E-state index in [1.165, 1.54) is 13.3 Å². The summed E-state index contributed by atoms with van der Waals surface area (Å²) in [5.41, 5.74) is 3.96. The summed E-state index contributed by atoms with van der Waals surface area (Å²) in [5, 5.41) is 9.07. The van der Waals surface area contributed by atoms with Gasteiger partial charge in [-0.05, 0) is 54.1 Å². The lowest BCUT2D eigenvalue weighted by Gasteiger charge is -2.13. The maximum Gasteiger partial charge on any atom is 0.329 e. The van der Waals surface area contributed by atoms with Crippen molar-refractivity contribution in [1.29, 1.82) is 0 Å². The number of nitrogens with zero attached hydrogens (tertiary/aromatic N) is 1. The van der Waals surface area contributed by atoms with Gasteiger partial charge in [-0.15, -0.1) is 0 Å². The first-order chi connectivity index (χ1) is 18.4. The minimum Gasteiger partial charge on any atom is -0.497 e. The van der Waals surface area contributed by atoms with Crippen molar-refractivity contribution in [2.75, 3.05) is 33.3 Å². The van der Waals surface area contributed by atoms with Crippen molar-refractivity contribution < 1.29 is 33.3 Å². The highest BCUT2D eigenvalue weighted by atomic mass is 16.5. The smallest absolute Gasteiger partial charge is 0.329 e. The van der Waals surface area contributed by atoms with Crippen molar-refractivity contribution in [2.24, 2.45) is 5.10 Å². The summed E-state index contributed by atoms with van der Waals surface area (Å²) in [6.45, 7) is -0.153. The zero-order valence-electron chi connectivity index (χ0n) is 21.1. The first kappa shape index (κ1) is 27.5. The van der Waals surface area contributed by atoms with Gasteiger partial charge in [0.1, 0.15) is 11.5 Å². The molecule has 3 aromatic rings. The molecule has 3 N–H and O–H groups in total. The number of hydrogen-bond donors (Lipinski definition) is 3. The number of nitrogens with one attached hydrogen (secondary N) is 3. The fourth-order valence-electron chi connectivity index (χ4n) is 3.18. The second-order valence-electron chi connectivity index (χ2n) is 7.67. The summed E-state index contributed by atoms with van der Waals surface area (Å²) >= 11 is 0. The largest absolute Gasteiger partial charge is 0.497 e. The molecule has 0 spiro atoms. The number of anilines is 1. The highest BCUT2D eigenvalue weighted by Gasteiger charge is 2.14. The molecule has 3 aromatic carbocycles. The van der Waals surface area contributed by atoms with E-state index in [0.717, 1.165) is 5.56 Å². The normalized spacial score (nSPS) is 10.4. The van der Waals surface area contributed by atoms with Crippen molar-refractivity contribution in [2.45, 2.75) is 6.54 Å². The summed E-state index contributed by atoms with van der Waals surface area (Å²) < 4.78 is 21.2. The van der Waals surface area contributed by atoms with Crippen LogP contribution in [0.15, 0.2) is 71.8 Å². The molecule has 0 aliphatic rings. The standard InChI is InChI=1S/C27H28N4O7/c1-35-21-11-7-18(8-12-21)15-28-26(33)27(34)31-29-16-19-5-4-6-23(37-3)25(19)38-17-24(32)30-20-9-13-22(36-2)14-10-20/h4-14,16H,15,17H2,1-3H3,(H,28,33)(H,30,32)(H,31,34)/b29-16-. The molecule has 0 aromatic heterocycles. The van der Waals surface area contributed by atoms with Gasteiger partial charge in [-0.25, -0.2) is 5.43 Å². The molecule has 11 heteroatoms. The number of hydrogen-bond acceptors (Lipinski definition) is 8. The Hall–Kier alpha value is -5.06. The number of carbonyl (C=O) groups excluding carboxylic acids is 3. The van der Waals surface area contributed by atoms with E-state index in [2.05, 4.69) is 21.2 Å². The van der Waals surface area contributed by atoms with Crippen molar-refractivity contribution in [3.63, 3.8) is 0 Å². The summed E-state index contributed by atoms with van der Waals surface area (Å²) in [5.74, 6) is -0.249. The van der Waals surface area contributed by atoms with E-state index in [9.17, 15) is 14.4 Å². The maximum atomic E-state index is 12.4. The number of hydrazone groups is 1. The van der Waals surface area contributed by atoms with Gasteiger partial charge in [-0.2, -0.15) is 5.10 Å². The Morgan fingerprint density at radius 3 is 2.11 bits per heavy atom. The second kappa shape index (κ2) is 13.9. The predicted octanol–water partition coefficient (Wildman–Crippen LogP) is 2.50. The Balaban J connectivity index is 1.55. The SMILES string of the molecule is COc1ccc(CNC(=O)C(=O)N/N=C\c2cccc(OC)c2OCC(=O)Nc2ccc(OC)cc2)cc1. The van der Waals surface area contributed by atoms with E-state index in [4.69, 9.17) is 18.9 Å². The average molecular weight is 521 g/mol. The second-order valence-corrected chi connectivity index (χ2v) is 7.67. The summed E-state index contributed by atoms with van der Waals surface area (Å²) in [6.07, 6.45) is 1.29. The molecule has 0 aliphatic carbocycles. The lowest BCUT2D eigenvalue weighted by Crippen LogP contribution is -2.37. The molecule has 198 valence electrons. The monoisotopic (exact) mass is 520 g/mol. The molecule has 0 unspecified atom stereocenters. The molecule has 11 nitrogen and oxygen atoms in total. The van der Waals surface area contributed by atoms with Gasteiger partial charge in [0, 0.05) is 17.8 Å². The van der Waals surface area contributed by atoms with Crippen LogP contribution in [0.3, 0.4) is 0 Å². The number of methoxy groups -OCH3 is 3. The number of amides is 3. The lowest BCUT2D eigenvalue weighted by molar-refractivity contribution is -0.139. The zero-order chi connectivity index (χ0) is 27.3. The quantitative estimate of drug-likeness (QED) is 0.201. The molecule has 38 heavy (non-hydrogen) atoms. The number of ether oxygens (including phenoxy) is 4. The highest BCUT2D eigenvalue weighted by molar-refractivity contribution is 6.35. The van der Waals surface area contributed by atoms with E-state index in [1.54, 1.807) is 80.9 Å². The minimum atomic E-state index is -0.945. The van der Waals surface area contributed by atoms with Crippen LogP contribution in [0.2, 0.25) is 0 Å². The van der Waals surface area contributed by atoms with Crippen LogP contribution in [-0.4, -0.2) is 51.9 Å². The number of benzene rings is 3. The third-order valence-electron chi connectivity index (χ3n) is 5.14. The molecular weight excluding hydrogens is 492 g/mol. The van der Waals surface area contributed by atoms with Gasteiger partial charge in [-0.3, -0.25) is 14.4 Å². The van der Waals surface area contributed by atoms with Gasteiger partial charge in [-0.1, -0.05) is 18.2 Å². The molecule has 0 atom stereocenters. The van der Waals surface area contributed by atoms with Crippen LogP contribution in [0.5, 0.6) is 23.0 Å². The van der Waals surface area contributed by atoms with Gasteiger partial charge in [0.2, 0.25) is 0 Å². The molecule has 0 bridgehead atoms. The first-order valence-electron chi connectivity index (χ1n) is 11.4. The molecule has 0 radical (unpaired) electrons. The van der Waals surface area contributed by atoms with E-state index >= 15 is 0 Å². The summed E-state index contributed by atoms with van der Waals surface area (Å²) in [4.78, 5) is 36.6. The van der Waals surface area contributed by atoms with Crippen LogP contribution >= 0.6 is 0 Å². The highest BCUT2D eigenvalue weighted by Crippen LogP contribution is 2.30. The van der Waals surface area contributed by atoms with Crippen LogP contribution < -0.4 is 35.0 Å². The Bertz CT molecular complexity index is 1280. The Morgan fingerprint density at radius 2 is 1.47 bits per heavy atom. The first-order valence-corrected chi connectivity index (χ1v) is 11.4. The number of para-hydroxylation sites is 1. The van der Waals surface area contributed by atoms with Crippen molar-refractivity contribution in [3.05, 3.63) is 77.9 Å². The van der Waals surface area contributed by atoms with Crippen LogP contribution in [0, 0.1) is 0 Å². The van der Waals surface area contributed by atoms with E-state index in [0.29, 0.717) is 28.5 Å². The fraction of sp³-hybridized carbons (Fsp3) is 0.185. The van der Waals surface area contributed by atoms with Crippen molar-refractivity contribution in [1.82, 2.24) is 10.7 Å². The molecule has 0 saturated heterocycles. The van der Waals surface area contributed by atoms with Crippen molar-refractivity contribution in [3.8, 4) is 23.0 Å². The van der Waals surface area contributed by atoms with Crippen LogP contribution in [0.1, 0.15) is 11.1 Å². The third kappa shape index (κ3) is 7.98. The zero-order valence-corrected chi connectivity index (χ0v) is 21.1. The van der Waals surface area contributed by atoms with Gasteiger partial charge in [0.25, 0.3) is 5.91 Å². The Kier molecular flexibility index (Phi) is 10.1. The molecule has 3 rings (SSSR count). The Labute approximate surface area is 219 Å². The molecule has 0 aliphatic heterocycles. The Morgan fingerprint density at radius 1 is 0.816 bits per heavy atom. The van der Waals surface area contributed by atoms with Gasteiger partial charge in [0.05, 0.1) is 27.5 Å². The molecule has 0 saturated carbocycles. The topological polar surface area (TPSA) is 137 Å². The number of carbonyl (C=O) groups is 3. The number of rotatable bonds is 11. The van der Waals surface area contributed by atoms with Crippen molar-refractivity contribution >= 4 is 29.6 Å².